The molecule has 0 bridgehead atoms. The summed E-state index contributed by atoms with van der Waals surface area (Å²) in [5.41, 5.74) is 3.87. The summed E-state index contributed by atoms with van der Waals surface area (Å²) in [6, 6.07) is 0. The van der Waals surface area contributed by atoms with Crippen LogP contribution >= 0.6 is 0 Å². The molecule has 0 saturated carbocycles. The predicted molar refractivity (Wildman–Crippen MR) is 188 cm³/mol. The molecule has 0 aromatic rings. The lowest BCUT2D eigenvalue weighted by molar-refractivity contribution is -0.168. The average Bonchev–Trinajstić information content (AvgIpc) is 3.81. The fourth-order valence-corrected chi connectivity index (χ4v) is 6.75. The zero-order valence-corrected chi connectivity index (χ0v) is 31.0. The summed E-state index contributed by atoms with van der Waals surface area (Å²) in [5, 5.41) is 32.0. The van der Waals surface area contributed by atoms with Gasteiger partial charge in [0.2, 0.25) is 0 Å². The van der Waals surface area contributed by atoms with E-state index in [9.17, 15) is 29.7 Å². The number of hydrogen-bond donors (Lipinski definition) is 4. The van der Waals surface area contributed by atoms with Crippen molar-refractivity contribution in [2.45, 2.75) is 128 Å². The van der Waals surface area contributed by atoms with Crippen LogP contribution in [0.1, 0.15) is 80.6 Å². The summed E-state index contributed by atoms with van der Waals surface area (Å²) in [7, 11) is 0. The Kier molecular flexibility index (Phi) is 15.5. The Morgan fingerprint density at radius 1 is 1.22 bits per heavy atom. The number of hydrogen-bond acceptors (Lipinski definition) is 12. The predicted octanol–water partition coefficient (Wildman–Crippen LogP) is 2.86. The lowest BCUT2D eigenvalue weighted by Crippen LogP contribution is -2.52. The van der Waals surface area contributed by atoms with Gasteiger partial charge in [-0.05, 0) is 51.7 Å². The highest BCUT2D eigenvalue weighted by molar-refractivity contribution is 5.71. The SMILES string of the molecule is CCC(O)C(C)[C@H]1O[C@@H]1CC(C)(O)/C=C/C=C(\C)[C@H]1OC(=O)C[C@H](O)CC[C@@](C)(OC(C)=O)[C@@H](OC(=O)N2CCN(CCN)CC2)/C=C/[C@@H]1C. The Bertz CT molecular complexity index is 1230. The summed E-state index contributed by atoms with van der Waals surface area (Å²) in [5.74, 6) is -1.60. The van der Waals surface area contributed by atoms with Gasteiger partial charge in [0.15, 0.2) is 6.10 Å². The van der Waals surface area contributed by atoms with E-state index in [0.717, 1.165) is 6.54 Å². The van der Waals surface area contributed by atoms with Crippen LogP contribution in [0.25, 0.3) is 0 Å². The molecule has 3 aliphatic rings. The van der Waals surface area contributed by atoms with Gasteiger partial charge in [-0.2, -0.15) is 0 Å². The molecule has 0 spiro atoms. The molecule has 3 aliphatic heterocycles. The number of nitrogens with two attached hydrogens (primary N) is 1. The van der Waals surface area contributed by atoms with Gasteiger partial charge >= 0.3 is 18.0 Å². The standard InChI is InChI=1S/C37H61N3O10/c1-8-29(43)26(4)34-30(47-34)23-36(6,46)14-9-10-24(2)33-25(3)11-12-31(48-35(45)40-20-18-39(17-16-38)19-21-40)37(7,50-27(5)41)15-13-28(42)22-32(44)49-33/h9-12,14,25-26,28-31,33-34,42-43,46H,8,13,15-23,38H2,1-7H3/b12-11+,14-9+,24-10+/t25-,26?,28+,29?,30+,31-,33+,34+,36?,37+/m0/s1. The van der Waals surface area contributed by atoms with Crippen LogP contribution in [0, 0.1) is 11.8 Å². The van der Waals surface area contributed by atoms with Crippen molar-refractivity contribution in [1.29, 1.82) is 0 Å². The van der Waals surface area contributed by atoms with E-state index in [4.69, 9.17) is 24.7 Å². The smallest absolute Gasteiger partial charge is 0.410 e. The van der Waals surface area contributed by atoms with Crippen molar-refractivity contribution in [3.05, 3.63) is 36.0 Å². The lowest BCUT2D eigenvalue weighted by atomic mass is 9.88. The summed E-state index contributed by atoms with van der Waals surface area (Å²) in [4.78, 5) is 42.5. The number of esters is 2. The van der Waals surface area contributed by atoms with Crippen LogP contribution in [0.3, 0.4) is 0 Å². The van der Waals surface area contributed by atoms with Gasteiger partial charge in [0, 0.05) is 64.4 Å². The van der Waals surface area contributed by atoms with Crippen molar-refractivity contribution in [3.8, 4) is 0 Å². The molecule has 0 radical (unpaired) electrons. The molecule has 5 N–H and O–H groups in total. The number of nitrogens with zero attached hydrogens (tertiary/aromatic N) is 2. The van der Waals surface area contributed by atoms with Gasteiger partial charge in [-0.1, -0.05) is 45.1 Å². The van der Waals surface area contributed by atoms with Gasteiger partial charge < -0.3 is 44.9 Å². The van der Waals surface area contributed by atoms with E-state index < -0.39 is 59.6 Å². The summed E-state index contributed by atoms with van der Waals surface area (Å²) < 4.78 is 23.4. The number of epoxide rings is 1. The zero-order valence-electron chi connectivity index (χ0n) is 31.0. The molecule has 284 valence electrons. The van der Waals surface area contributed by atoms with Gasteiger partial charge in [0.1, 0.15) is 11.7 Å². The van der Waals surface area contributed by atoms with Crippen LogP contribution in [0.2, 0.25) is 0 Å². The van der Waals surface area contributed by atoms with E-state index in [0.29, 0.717) is 51.1 Å². The van der Waals surface area contributed by atoms with Gasteiger partial charge in [-0.25, -0.2) is 4.79 Å². The highest BCUT2D eigenvalue weighted by atomic mass is 16.6. The molecular weight excluding hydrogens is 646 g/mol. The average molecular weight is 708 g/mol. The summed E-state index contributed by atoms with van der Waals surface area (Å²) in [6.45, 7) is 15.7. The van der Waals surface area contributed by atoms with Crippen LogP contribution in [-0.4, -0.2) is 130 Å². The minimum absolute atomic E-state index is 0.0250. The number of amides is 1. The van der Waals surface area contributed by atoms with Crippen molar-refractivity contribution in [1.82, 2.24) is 9.80 Å². The summed E-state index contributed by atoms with van der Waals surface area (Å²) >= 11 is 0. The number of aliphatic hydroxyl groups excluding tert-OH is 2. The van der Waals surface area contributed by atoms with Gasteiger partial charge in [-0.15, -0.1) is 0 Å². The van der Waals surface area contributed by atoms with E-state index >= 15 is 0 Å². The van der Waals surface area contributed by atoms with E-state index in [1.807, 2.05) is 27.7 Å². The molecule has 0 aromatic heterocycles. The van der Waals surface area contributed by atoms with Crippen molar-refractivity contribution < 1.29 is 48.7 Å². The van der Waals surface area contributed by atoms with Gasteiger partial charge in [-0.3, -0.25) is 14.5 Å². The molecule has 13 heteroatoms. The Morgan fingerprint density at radius 3 is 2.52 bits per heavy atom. The number of ether oxygens (including phenoxy) is 4. The number of allylic oxidation sites excluding steroid dienone is 2. The largest absolute Gasteiger partial charge is 0.457 e. The zero-order chi connectivity index (χ0) is 37.2. The minimum Gasteiger partial charge on any atom is -0.457 e. The van der Waals surface area contributed by atoms with E-state index in [2.05, 4.69) is 4.90 Å². The molecule has 10 atom stereocenters. The van der Waals surface area contributed by atoms with E-state index in [1.54, 1.807) is 49.1 Å². The van der Waals surface area contributed by atoms with Crippen LogP contribution in [0.15, 0.2) is 36.0 Å². The highest BCUT2D eigenvalue weighted by Gasteiger charge is 2.47. The number of piperazine rings is 1. The normalized spacial score (nSPS) is 33.3. The van der Waals surface area contributed by atoms with Crippen molar-refractivity contribution in [3.63, 3.8) is 0 Å². The molecule has 1 amide bonds. The topological polar surface area (TPSA) is 185 Å². The third kappa shape index (κ3) is 12.4. The van der Waals surface area contributed by atoms with Crippen LogP contribution in [-0.2, 0) is 28.5 Å². The van der Waals surface area contributed by atoms with Crippen molar-refractivity contribution in [2.24, 2.45) is 17.6 Å². The second-order valence-electron chi connectivity index (χ2n) is 14.7. The van der Waals surface area contributed by atoms with E-state index in [-0.39, 0.29) is 37.4 Å². The first-order valence-corrected chi connectivity index (χ1v) is 18.0. The Morgan fingerprint density at radius 2 is 1.90 bits per heavy atom. The second-order valence-corrected chi connectivity index (χ2v) is 14.7. The number of carbonyl (C=O) groups is 3. The van der Waals surface area contributed by atoms with Crippen LogP contribution in [0.4, 0.5) is 4.79 Å². The summed E-state index contributed by atoms with van der Waals surface area (Å²) in [6.07, 6.45) is 5.44. The molecule has 0 aliphatic carbocycles. The molecule has 2 saturated heterocycles. The monoisotopic (exact) mass is 707 g/mol. The maximum Gasteiger partial charge on any atom is 0.410 e. The first-order chi connectivity index (χ1) is 23.5. The third-order valence-electron chi connectivity index (χ3n) is 10.0. The number of aliphatic hydroxyl groups is 3. The molecule has 2 fully saturated rings. The quantitative estimate of drug-likeness (QED) is 0.0766. The number of carbonyl (C=O) groups excluding carboxylic acids is 3. The maximum atomic E-state index is 13.4. The van der Waals surface area contributed by atoms with Gasteiger partial charge in [0.05, 0.1) is 36.4 Å². The Labute approximate surface area is 297 Å². The lowest BCUT2D eigenvalue weighted by Gasteiger charge is -2.38. The van der Waals surface area contributed by atoms with Crippen molar-refractivity contribution in [2.75, 3.05) is 39.3 Å². The fraction of sp³-hybridized carbons (Fsp3) is 0.757. The first-order valence-electron chi connectivity index (χ1n) is 18.0. The second kappa shape index (κ2) is 18.6. The van der Waals surface area contributed by atoms with E-state index in [1.165, 1.54) is 6.92 Å². The van der Waals surface area contributed by atoms with Crippen molar-refractivity contribution >= 4 is 18.0 Å². The molecule has 3 unspecified atom stereocenters. The Hall–Kier alpha value is -2.81. The minimum atomic E-state index is -1.32. The number of rotatable bonds is 12. The highest BCUT2D eigenvalue weighted by Crippen LogP contribution is 2.38. The Balaban J connectivity index is 1.81. The molecule has 3 rings (SSSR count). The molecule has 0 aromatic carbocycles. The van der Waals surface area contributed by atoms with Crippen LogP contribution < -0.4 is 5.73 Å². The first kappa shape index (κ1) is 41.6. The molecule has 50 heavy (non-hydrogen) atoms. The molecule has 3 heterocycles. The van der Waals surface area contributed by atoms with Gasteiger partial charge in [0.25, 0.3) is 0 Å². The molecular formula is C37H61N3O10. The van der Waals surface area contributed by atoms with Crippen LogP contribution in [0.5, 0.6) is 0 Å². The maximum absolute atomic E-state index is 13.4. The fourth-order valence-electron chi connectivity index (χ4n) is 6.75. The number of cyclic esters (lactones) is 1. The third-order valence-corrected chi connectivity index (χ3v) is 10.0. The molecule has 13 nitrogen and oxygen atoms in total.